The first-order valence-corrected chi connectivity index (χ1v) is 18.2. The van der Waals surface area contributed by atoms with Crippen molar-refractivity contribution >= 4 is 6.66 Å². The molecule has 0 amide bonds. The molecule has 0 aliphatic heterocycles. The molecule has 1 aliphatic carbocycles. The third kappa shape index (κ3) is 10.2. The van der Waals surface area contributed by atoms with E-state index in [1.807, 2.05) is 18.2 Å². The summed E-state index contributed by atoms with van der Waals surface area (Å²) in [5, 5.41) is 0. The summed E-state index contributed by atoms with van der Waals surface area (Å²) in [5.41, 5.74) is 4.48. The molecule has 0 N–H and O–H groups in total. The summed E-state index contributed by atoms with van der Waals surface area (Å²) in [6, 6.07) is 8.25. The predicted molar refractivity (Wildman–Crippen MR) is 143 cm³/mol. The molecule has 0 unspecified atom stereocenters. The van der Waals surface area contributed by atoms with Crippen LogP contribution in [0.1, 0.15) is 74.3 Å². The van der Waals surface area contributed by atoms with Crippen molar-refractivity contribution in [3.05, 3.63) is 75.9 Å². The maximum absolute atomic E-state index is 5.79. The van der Waals surface area contributed by atoms with Gasteiger partial charge < -0.3 is 4.74 Å². The van der Waals surface area contributed by atoms with Crippen molar-refractivity contribution in [2.24, 2.45) is 10.8 Å². The molecule has 0 heterocycles. The van der Waals surface area contributed by atoms with Crippen molar-refractivity contribution in [3.63, 3.8) is 0 Å². The van der Waals surface area contributed by atoms with Gasteiger partial charge in [0, 0.05) is 0 Å². The molecule has 0 atom stereocenters. The Morgan fingerprint density at radius 1 is 1.00 bits per heavy atom. The van der Waals surface area contributed by atoms with Crippen molar-refractivity contribution in [2.45, 2.75) is 87.2 Å². The summed E-state index contributed by atoms with van der Waals surface area (Å²) in [4.78, 5) is 0. The van der Waals surface area contributed by atoms with E-state index in [1.165, 1.54) is 12.0 Å². The van der Waals surface area contributed by atoms with Crippen LogP contribution in [0.25, 0.3) is 0 Å². The number of rotatable bonds is 5. The van der Waals surface area contributed by atoms with Gasteiger partial charge in [0.05, 0.1) is 6.26 Å². The quantitative estimate of drug-likeness (QED) is 0.230. The normalized spacial score (nSPS) is 14.9. The average molecular weight is 487 g/mol. The van der Waals surface area contributed by atoms with Crippen LogP contribution in [0.5, 0.6) is 5.75 Å². The number of hydrogen-bond acceptors (Lipinski definition) is 1. The molecule has 1 aromatic carbocycles. The monoisotopic (exact) mass is 486 g/mol. The van der Waals surface area contributed by atoms with Gasteiger partial charge in [0.1, 0.15) is 5.75 Å². The summed E-state index contributed by atoms with van der Waals surface area (Å²) in [5.74, 6) is 0.871. The van der Waals surface area contributed by atoms with Crippen molar-refractivity contribution in [1.29, 1.82) is 0 Å². The van der Waals surface area contributed by atoms with Crippen molar-refractivity contribution in [2.75, 3.05) is 0 Å². The SMILES string of the molecule is C=CC(=COc1cccc(C(C)(C)C)c1)C(C)(C)C.C[SiH](C)[Ti][C]1=CC(C(C)(C)C)=CC1. The molecule has 0 fully saturated rings. The van der Waals surface area contributed by atoms with E-state index in [1.54, 1.807) is 15.7 Å². The standard InChI is InChI=1S/C18H26O.C9H13.C2H7Si.Ti/c1-8-14(17(2,3)4)13-19-16-11-9-10-15(12-16)18(5,6)7;1-9(2,3)8-6-4-5-7-8;1-3-2;/h8-13H,1H2,2-7H3;6-7H,4H2,1-3H3;3H,1-2H3;. The Morgan fingerprint density at radius 3 is 2.06 bits per heavy atom. The summed E-state index contributed by atoms with van der Waals surface area (Å²) >= 11 is 0.302. The van der Waals surface area contributed by atoms with E-state index in [0.717, 1.165) is 11.3 Å². The van der Waals surface area contributed by atoms with Crippen LogP contribution < -0.4 is 4.74 Å². The van der Waals surface area contributed by atoms with Crippen molar-refractivity contribution in [1.82, 2.24) is 0 Å². The van der Waals surface area contributed by atoms with Gasteiger partial charge in [-0.3, -0.25) is 0 Å². The molecule has 0 spiro atoms. The Morgan fingerprint density at radius 2 is 1.62 bits per heavy atom. The number of ether oxygens (including phenoxy) is 1. The number of hydrogen-bond donors (Lipinski definition) is 0. The molecular weight excluding hydrogens is 440 g/mol. The molecule has 1 nitrogen and oxygen atoms in total. The van der Waals surface area contributed by atoms with Crippen LogP contribution in [0.4, 0.5) is 0 Å². The second-order valence-corrected chi connectivity index (χ2v) is 22.4. The zero-order valence-electron chi connectivity index (χ0n) is 22.5. The van der Waals surface area contributed by atoms with E-state index >= 15 is 0 Å². The molecule has 0 bridgehead atoms. The number of allylic oxidation sites excluding steroid dienone is 6. The minimum absolute atomic E-state index is 0.0450. The van der Waals surface area contributed by atoms with Crippen LogP contribution in [-0.4, -0.2) is 6.66 Å². The fraction of sp³-hybridized carbons (Fsp3) is 0.517. The van der Waals surface area contributed by atoms with E-state index in [2.05, 4.69) is 106 Å². The van der Waals surface area contributed by atoms with Gasteiger partial charge in [-0.05, 0) is 34.1 Å². The molecule has 1 aromatic rings. The van der Waals surface area contributed by atoms with Crippen LogP contribution in [0.15, 0.2) is 70.4 Å². The topological polar surface area (TPSA) is 9.23 Å². The van der Waals surface area contributed by atoms with Gasteiger partial charge in [0.25, 0.3) is 0 Å². The predicted octanol–water partition coefficient (Wildman–Crippen LogP) is 8.79. The number of benzene rings is 1. The molecule has 2 rings (SSSR count). The van der Waals surface area contributed by atoms with Crippen LogP contribution in [-0.2, 0) is 23.8 Å². The van der Waals surface area contributed by atoms with E-state index in [0.29, 0.717) is 23.8 Å². The summed E-state index contributed by atoms with van der Waals surface area (Å²) in [7, 11) is 0. The maximum atomic E-state index is 5.79. The van der Waals surface area contributed by atoms with Gasteiger partial charge in [0.15, 0.2) is 0 Å². The van der Waals surface area contributed by atoms with Gasteiger partial charge in [-0.1, -0.05) is 66.3 Å². The molecule has 0 radical (unpaired) electrons. The van der Waals surface area contributed by atoms with Crippen LogP contribution in [0.2, 0.25) is 13.1 Å². The third-order valence-corrected chi connectivity index (χ3v) is 11.3. The van der Waals surface area contributed by atoms with Gasteiger partial charge in [0.2, 0.25) is 0 Å². The van der Waals surface area contributed by atoms with Gasteiger partial charge >= 0.3 is 92.4 Å². The Balaban J connectivity index is 0.000000343. The van der Waals surface area contributed by atoms with E-state index in [9.17, 15) is 0 Å². The van der Waals surface area contributed by atoms with Gasteiger partial charge in [-0.25, -0.2) is 0 Å². The fourth-order valence-corrected chi connectivity index (χ4v) is 8.98. The second kappa shape index (κ2) is 11.9. The molecule has 32 heavy (non-hydrogen) atoms. The molecule has 0 saturated heterocycles. The molecule has 0 aromatic heterocycles. The second-order valence-electron chi connectivity index (χ2n) is 12.0. The van der Waals surface area contributed by atoms with Crippen LogP contribution in [0.3, 0.4) is 0 Å². The molecule has 1 aliphatic rings. The average Bonchev–Trinajstić information content (AvgIpc) is 3.09. The molecule has 176 valence electrons. The van der Waals surface area contributed by atoms with Gasteiger partial charge in [-0.15, -0.1) is 0 Å². The minimum atomic E-state index is -0.282. The summed E-state index contributed by atoms with van der Waals surface area (Å²) < 4.78 is 7.59. The fourth-order valence-electron chi connectivity index (χ4n) is 3.22. The first-order chi connectivity index (χ1) is 14.5. The zero-order valence-corrected chi connectivity index (χ0v) is 25.2. The molecule has 3 heteroatoms. The Kier molecular flexibility index (Phi) is 10.7. The first kappa shape index (κ1) is 28.9. The Bertz CT molecular complexity index is 852. The van der Waals surface area contributed by atoms with Crippen LogP contribution in [0, 0.1) is 10.8 Å². The first-order valence-electron chi connectivity index (χ1n) is 11.8. The van der Waals surface area contributed by atoms with E-state index in [4.69, 9.17) is 4.74 Å². The third-order valence-electron chi connectivity index (χ3n) is 5.32. The van der Waals surface area contributed by atoms with E-state index < -0.39 is 0 Å². The zero-order chi connectivity index (χ0) is 24.7. The van der Waals surface area contributed by atoms with E-state index in [-0.39, 0.29) is 17.5 Å². The van der Waals surface area contributed by atoms with Crippen molar-refractivity contribution in [3.8, 4) is 5.75 Å². The van der Waals surface area contributed by atoms with Crippen molar-refractivity contribution < 1.29 is 23.1 Å². The Labute approximate surface area is 208 Å². The summed E-state index contributed by atoms with van der Waals surface area (Å²) in [6.45, 7) is 28.5. The molecular formula is C29H46OSiTi. The summed E-state index contributed by atoms with van der Waals surface area (Å²) in [6.07, 6.45) is 9.86. The molecule has 0 saturated carbocycles. The van der Waals surface area contributed by atoms with Gasteiger partial charge in [-0.2, -0.15) is 0 Å². The Hall–Kier alpha value is -1.09. The van der Waals surface area contributed by atoms with Crippen LogP contribution >= 0.6 is 0 Å².